The van der Waals surface area contributed by atoms with Gasteiger partial charge in [-0.15, -0.1) is 0 Å². The van der Waals surface area contributed by atoms with Crippen LogP contribution in [0.5, 0.6) is 0 Å². The van der Waals surface area contributed by atoms with Crippen molar-refractivity contribution in [2.75, 3.05) is 0 Å². The largest absolute Gasteiger partial charge is 0.494 e. The minimum atomic E-state index is 0.319. The Bertz CT molecular complexity index is 240. The van der Waals surface area contributed by atoms with Gasteiger partial charge in [0.05, 0.1) is 6.10 Å². The molecule has 0 fully saturated rings. The van der Waals surface area contributed by atoms with Crippen LogP contribution in [0.3, 0.4) is 0 Å². The van der Waals surface area contributed by atoms with Crippen molar-refractivity contribution < 1.29 is 9.53 Å². The number of ether oxygens (including phenoxy) is 1. The molecule has 12 heavy (non-hydrogen) atoms. The third-order valence-corrected chi connectivity index (χ3v) is 2.73. The van der Waals surface area contributed by atoms with Crippen molar-refractivity contribution in [3.8, 4) is 0 Å². The topological polar surface area (TPSA) is 26.3 Å². The lowest BCUT2D eigenvalue weighted by molar-refractivity contribution is -0.115. The van der Waals surface area contributed by atoms with E-state index in [2.05, 4.69) is 6.92 Å². The standard InChI is InChI=1S/C10H14O2/c1-2-7-3-4-8-9(11)5-6-10(8)12-7/h7H,2-6H2,1H3. The molecule has 1 heterocycles. The molecule has 0 saturated carbocycles. The van der Waals surface area contributed by atoms with E-state index in [1.807, 2.05) is 0 Å². The molecule has 1 atom stereocenters. The van der Waals surface area contributed by atoms with E-state index in [4.69, 9.17) is 4.74 Å². The molecule has 2 nitrogen and oxygen atoms in total. The van der Waals surface area contributed by atoms with Crippen LogP contribution >= 0.6 is 0 Å². The van der Waals surface area contributed by atoms with Crippen LogP contribution in [0.25, 0.3) is 0 Å². The fourth-order valence-corrected chi connectivity index (χ4v) is 1.95. The minimum absolute atomic E-state index is 0.319. The summed E-state index contributed by atoms with van der Waals surface area (Å²) in [5.41, 5.74) is 0.986. The first-order valence-corrected chi connectivity index (χ1v) is 4.73. The molecular weight excluding hydrogens is 152 g/mol. The minimum Gasteiger partial charge on any atom is -0.494 e. The molecule has 0 N–H and O–H groups in total. The summed E-state index contributed by atoms with van der Waals surface area (Å²) in [6, 6.07) is 0. The zero-order valence-electron chi connectivity index (χ0n) is 7.43. The highest BCUT2D eigenvalue weighted by molar-refractivity contribution is 5.98. The number of Topliss-reactive ketones (excluding diaryl/α,β-unsaturated/α-hetero) is 1. The van der Waals surface area contributed by atoms with Gasteiger partial charge in [0.2, 0.25) is 0 Å². The highest BCUT2D eigenvalue weighted by atomic mass is 16.5. The Morgan fingerprint density at radius 1 is 1.42 bits per heavy atom. The van der Waals surface area contributed by atoms with Gasteiger partial charge < -0.3 is 4.74 Å². The molecule has 0 amide bonds. The molecule has 2 aliphatic rings. The molecule has 1 aliphatic carbocycles. The van der Waals surface area contributed by atoms with E-state index in [9.17, 15) is 4.79 Å². The number of allylic oxidation sites excluding steroid dienone is 2. The molecule has 0 aromatic carbocycles. The van der Waals surface area contributed by atoms with Crippen molar-refractivity contribution >= 4 is 5.78 Å². The summed E-state index contributed by atoms with van der Waals surface area (Å²) in [5, 5.41) is 0. The maximum absolute atomic E-state index is 11.3. The van der Waals surface area contributed by atoms with Gasteiger partial charge in [0.15, 0.2) is 5.78 Å². The van der Waals surface area contributed by atoms with E-state index in [-0.39, 0.29) is 0 Å². The monoisotopic (exact) mass is 166 g/mol. The van der Waals surface area contributed by atoms with E-state index >= 15 is 0 Å². The molecule has 0 saturated heterocycles. The Hall–Kier alpha value is -0.790. The molecule has 66 valence electrons. The van der Waals surface area contributed by atoms with Gasteiger partial charge in [-0.1, -0.05) is 6.92 Å². The summed E-state index contributed by atoms with van der Waals surface area (Å²) in [5.74, 6) is 1.32. The summed E-state index contributed by atoms with van der Waals surface area (Å²) in [4.78, 5) is 11.3. The second-order valence-corrected chi connectivity index (χ2v) is 3.51. The van der Waals surface area contributed by atoms with Crippen LogP contribution in [-0.4, -0.2) is 11.9 Å². The highest BCUT2D eigenvalue weighted by Gasteiger charge is 2.29. The first kappa shape index (κ1) is 7.84. The summed E-state index contributed by atoms with van der Waals surface area (Å²) in [6.07, 6.45) is 4.94. The molecule has 0 aromatic rings. The summed E-state index contributed by atoms with van der Waals surface area (Å²) >= 11 is 0. The lowest BCUT2D eigenvalue weighted by Crippen LogP contribution is -2.17. The molecule has 1 aliphatic heterocycles. The van der Waals surface area contributed by atoms with Gasteiger partial charge in [-0.3, -0.25) is 4.79 Å². The zero-order chi connectivity index (χ0) is 8.55. The second kappa shape index (κ2) is 2.92. The number of rotatable bonds is 1. The molecule has 1 unspecified atom stereocenters. The second-order valence-electron chi connectivity index (χ2n) is 3.51. The molecule has 2 heteroatoms. The average Bonchev–Trinajstić information content (AvgIpc) is 2.47. The van der Waals surface area contributed by atoms with Crippen molar-refractivity contribution in [3.05, 3.63) is 11.3 Å². The van der Waals surface area contributed by atoms with Gasteiger partial charge in [-0.25, -0.2) is 0 Å². The normalized spacial score (nSPS) is 28.8. The fraction of sp³-hybridized carbons (Fsp3) is 0.700. The Morgan fingerprint density at radius 3 is 3.00 bits per heavy atom. The van der Waals surface area contributed by atoms with Crippen molar-refractivity contribution in [1.29, 1.82) is 0 Å². The molecule has 0 aromatic heterocycles. The van der Waals surface area contributed by atoms with Crippen molar-refractivity contribution in [3.63, 3.8) is 0 Å². The summed E-state index contributed by atoms with van der Waals surface area (Å²) in [7, 11) is 0. The SMILES string of the molecule is CCC1CCC2=C(CCC2=O)O1. The smallest absolute Gasteiger partial charge is 0.162 e. The van der Waals surface area contributed by atoms with Crippen LogP contribution in [0.15, 0.2) is 11.3 Å². The van der Waals surface area contributed by atoms with Gasteiger partial charge in [-0.05, 0) is 19.3 Å². The quantitative estimate of drug-likeness (QED) is 0.597. The third kappa shape index (κ3) is 1.15. The van der Waals surface area contributed by atoms with Gasteiger partial charge in [0, 0.05) is 18.4 Å². The van der Waals surface area contributed by atoms with E-state index in [1.165, 1.54) is 0 Å². The van der Waals surface area contributed by atoms with E-state index < -0.39 is 0 Å². The predicted molar refractivity (Wildman–Crippen MR) is 45.7 cm³/mol. The average molecular weight is 166 g/mol. The van der Waals surface area contributed by atoms with Gasteiger partial charge in [0.1, 0.15) is 5.76 Å². The number of carbonyl (C=O) groups excluding carboxylic acids is 1. The van der Waals surface area contributed by atoms with Gasteiger partial charge in [0.25, 0.3) is 0 Å². The third-order valence-electron chi connectivity index (χ3n) is 2.73. The molecule has 0 spiro atoms. The Labute approximate surface area is 72.6 Å². The van der Waals surface area contributed by atoms with Crippen LogP contribution in [-0.2, 0) is 9.53 Å². The molecule has 0 bridgehead atoms. The fourth-order valence-electron chi connectivity index (χ4n) is 1.95. The summed E-state index contributed by atoms with van der Waals surface area (Å²) in [6.45, 7) is 2.13. The Morgan fingerprint density at radius 2 is 2.25 bits per heavy atom. The van der Waals surface area contributed by atoms with Crippen LogP contribution in [0, 0.1) is 0 Å². The number of ketones is 1. The predicted octanol–water partition coefficient (Wildman–Crippen LogP) is 2.19. The Balaban J connectivity index is 2.14. The molecule has 2 rings (SSSR count). The number of hydrogen-bond acceptors (Lipinski definition) is 2. The van der Waals surface area contributed by atoms with Crippen LogP contribution in [0.1, 0.15) is 39.0 Å². The zero-order valence-corrected chi connectivity index (χ0v) is 7.43. The van der Waals surface area contributed by atoms with E-state index in [0.29, 0.717) is 18.3 Å². The van der Waals surface area contributed by atoms with E-state index in [0.717, 1.165) is 37.0 Å². The lowest BCUT2D eigenvalue weighted by Gasteiger charge is -2.23. The highest BCUT2D eigenvalue weighted by Crippen LogP contribution is 2.34. The lowest BCUT2D eigenvalue weighted by atomic mass is 10.0. The molecular formula is C10H14O2. The van der Waals surface area contributed by atoms with E-state index in [1.54, 1.807) is 0 Å². The maximum Gasteiger partial charge on any atom is 0.162 e. The van der Waals surface area contributed by atoms with Gasteiger partial charge >= 0.3 is 0 Å². The van der Waals surface area contributed by atoms with Crippen molar-refractivity contribution in [2.45, 2.75) is 45.1 Å². The van der Waals surface area contributed by atoms with Crippen LogP contribution < -0.4 is 0 Å². The Kier molecular flexibility index (Phi) is 1.91. The van der Waals surface area contributed by atoms with Gasteiger partial charge in [-0.2, -0.15) is 0 Å². The molecule has 0 radical (unpaired) electrons. The number of carbonyl (C=O) groups is 1. The first-order chi connectivity index (χ1) is 5.81. The van der Waals surface area contributed by atoms with Crippen molar-refractivity contribution in [1.82, 2.24) is 0 Å². The number of hydrogen-bond donors (Lipinski definition) is 0. The van der Waals surface area contributed by atoms with Crippen molar-refractivity contribution in [2.24, 2.45) is 0 Å². The first-order valence-electron chi connectivity index (χ1n) is 4.73. The summed E-state index contributed by atoms with van der Waals surface area (Å²) < 4.78 is 5.69. The van der Waals surface area contributed by atoms with Crippen LogP contribution in [0.2, 0.25) is 0 Å². The van der Waals surface area contributed by atoms with Crippen LogP contribution in [0.4, 0.5) is 0 Å². The maximum atomic E-state index is 11.3.